The molecule has 0 bridgehead atoms. The molecule has 0 unspecified atom stereocenters. The Morgan fingerprint density at radius 2 is 1.74 bits per heavy atom. The fraction of sp³-hybridized carbons (Fsp3) is 0.479. The standard InChI is InChI=1S/C48H59N3O10/c1-4-22-51(46(54)34-18-20-41-42(27-34)57-31-56-41)43-29-39(50-59-30-32-14-8-7-9-15-32)37-26-33(16-10-12-23-52)36(17-11-13-24-53)44-38-28-35(60-47(55)49-6-3)19-21-40(38)61-48(43,45(37)44)58-25-5-2/h5,7-9,14-15,18-21,26-28,33,36,43-45,52-53H,2,4,6,10-13,16-17,22-25,29-31H2,1,3H3,(H,49,55)/t33-,36+,43-,44+,45+,48+/m0/s1. The summed E-state index contributed by atoms with van der Waals surface area (Å²) in [5, 5.41) is 27.5. The van der Waals surface area contributed by atoms with Crippen LogP contribution in [0, 0.1) is 17.8 Å². The molecule has 0 spiro atoms. The van der Waals surface area contributed by atoms with Gasteiger partial charge in [-0.25, -0.2) is 4.79 Å². The topological polar surface area (TPSA) is 158 Å². The Bertz CT molecular complexity index is 2060. The summed E-state index contributed by atoms with van der Waals surface area (Å²) in [5.41, 5.74) is 3.86. The van der Waals surface area contributed by atoms with Crippen molar-refractivity contribution >= 4 is 17.7 Å². The number of oxime groups is 1. The van der Waals surface area contributed by atoms with Gasteiger partial charge in [-0.15, -0.1) is 6.58 Å². The molecule has 326 valence electrons. The van der Waals surface area contributed by atoms with Crippen LogP contribution in [-0.4, -0.2) is 84.4 Å². The van der Waals surface area contributed by atoms with E-state index in [0.717, 1.165) is 42.4 Å². The predicted octanol–water partition coefficient (Wildman–Crippen LogP) is 7.91. The first kappa shape index (κ1) is 43.7. The summed E-state index contributed by atoms with van der Waals surface area (Å²) in [6, 6.07) is 19.8. The van der Waals surface area contributed by atoms with Crippen LogP contribution in [0.1, 0.15) is 92.6 Å². The number of aliphatic hydroxyl groups is 2. The second-order valence-electron chi connectivity index (χ2n) is 16.0. The van der Waals surface area contributed by atoms with Crippen LogP contribution in [0.2, 0.25) is 0 Å². The second kappa shape index (κ2) is 20.5. The third-order valence-corrected chi connectivity index (χ3v) is 12.1. The Kier molecular flexibility index (Phi) is 14.7. The molecule has 13 nitrogen and oxygen atoms in total. The van der Waals surface area contributed by atoms with Crippen molar-refractivity contribution in [2.24, 2.45) is 22.9 Å². The minimum absolute atomic E-state index is 0.00231. The fourth-order valence-corrected chi connectivity index (χ4v) is 9.59. The zero-order valence-electron chi connectivity index (χ0n) is 35.3. The Balaban J connectivity index is 1.44. The van der Waals surface area contributed by atoms with E-state index in [-0.39, 0.29) is 63.3 Å². The van der Waals surface area contributed by atoms with Gasteiger partial charge in [-0.3, -0.25) is 4.79 Å². The van der Waals surface area contributed by atoms with Crippen molar-refractivity contribution in [3.8, 4) is 23.0 Å². The molecule has 0 aromatic heterocycles. The highest BCUT2D eigenvalue weighted by molar-refractivity contribution is 6.03. The number of nitrogens with one attached hydrogen (secondary N) is 1. The number of amides is 2. The van der Waals surface area contributed by atoms with Gasteiger partial charge in [-0.1, -0.05) is 67.4 Å². The van der Waals surface area contributed by atoms with E-state index in [2.05, 4.69) is 18.0 Å². The SMILES string of the molecule is C=CCO[C@@]12Oc3ccc(OC(=O)NCC)cc3[C@H]3[C@H](CCCCO)[C@@H](CCCCO)C=C(C(=NOCc4ccccc4)C[C@@H]1N(CCC)C(=O)c1ccc4c(c1)OCO4)[C@H]32. The molecule has 1 fully saturated rings. The Labute approximate surface area is 358 Å². The van der Waals surface area contributed by atoms with Gasteiger partial charge in [0.2, 0.25) is 12.6 Å². The smallest absolute Gasteiger partial charge is 0.412 e. The fourth-order valence-electron chi connectivity index (χ4n) is 9.59. The minimum atomic E-state index is -1.44. The number of unbranched alkanes of at least 4 members (excludes halogenated alkanes) is 2. The molecule has 0 saturated heterocycles. The van der Waals surface area contributed by atoms with E-state index in [1.54, 1.807) is 30.3 Å². The summed E-state index contributed by atoms with van der Waals surface area (Å²) in [7, 11) is 0. The molecule has 4 aliphatic rings. The third-order valence-electron chi connectivity index (χ3n) is 12.1. The maximum Gasteiger partial charge on any atom is 0.412 e. The highest BCUT2D eigenvalue weighted by Gasteiger charge is 2.65. The van der Waals surface area contributed by atoms with Crippen molar-refractivity contribution in [1.82, 2.24) is 10.2 Å². The Morgan fingerprint density at radius 1 is 0.967 bits per heavy atom. The number of hydrogen-bond acceptors (Lipinski definition) is 11. The molecule has 2 amide bonds. The maximum absolute atomic E-state index is 15.1. The first-order valence-corrected chi connectivity index (χ1v) is 21.8. The van der Waals surface area contributed by atoms with Gasteiger partial charge in [-0.05, 0) is 98.4 Å². The first-order valence-electron chi connectivity index (χ1n) is 21.8. The summed E-state index contributed by atoms with van der Waals surface area (Å²) < 4.78 is 31.5. The lowest BCUT2D eigenvalue weighted by Gasteiger charge is -2.60. The van der Waals surface area contributed by atoms with Gasteiger partial charge in [-0.2, -0.15) is 0 Å². The van der Waals surface area contributed by atoms with Crippen LogP contribution in [0.15, 0.2) is 96.2 Å². The molecule has 3 N–H and O–H groups in total. The zero-order chi connectivity index (χ0) is 42.8. The van der Waals surface area contributed by atoms with E-state index in [1.165, 1.54) is 0 Å². The number of nitrogens with zero attached hydrogens (tertiary/aromatic N) is 2. The summed E-state index contributed by atoms with van der Waals surface area (Å²) in [6.07, 6.45) is 8.77. The molecule has 2 aliphatic carbocycles. The lowest BCUT2D eigenvalue weighted by Crippen LogP contribution is -2.70. The molecular weight excluding hydrogens is 779 g/mol. The number of carbonyl (C=O) groups is 2. The zero-order valence-corrected chi connectivity index (χ0v) is 35.3. The van der Waals surface area contributed by atoms with E-state index in [1.807, 2.05) is 61.2 Å². The average Bonchev–Trinajstić information content (AvgIpc) is 3.75. The van der Waals surface area contributed by atoms with E-state index in [9.17, 15) is 15.0 Å². The van der Waals surface area contributed by atoms with Crippen molar-refractivity contribution in [2.45, 2.75) is 89.6 Å². The normalized spacial score (nSPS) is 23.8. The monoisotopic (exact) mass is 837 g/mol. The number of allylic oxidation sites excluding steroid dienone is 1. The predicted molar refractivity (Wildman–Crippen MR) is 230 cm³/mol. The van der Waals surface area contributed by atoms with E-state index < -0.39 is 23.8 Å². The molecule has 1 saturated carbocycles. The van der Waals surface area contributed by atoms with Crippen molar-refractivity contribution in [1.29, 1.82) is 0 Å². The quantitative estimate of drug-likeness (QED) is 0.0581. The number of aliphatic hydroxyl groups excluding tert-OH is 2. The van der Waals surface area contributed by atoms with Crippen molar-refractivity contribution in [2.75, 3.05) is 39.7 Å². The molecule has 0 radical (unpaired) electrons. The highest BCUT2D eigenvalue weighted by atomic mass is 16.7. The highest BCUT2D eigenvalue weighted by Crippen LogP contribution is 2.62. The minimum Gasteiger partial charge on any atom is -0.459 e. The number of fused-ring (bicyclic) bond motifs is 3. The van der Waals surface area contributed by atoms with Gasteiger partial charge in [0.1, 0.15) is 24.1 Å². The molecule has 6 atom stereocenters. The lowest BCUT2D eigenvalue weighted by atomic mass is 9.55. The maximum atomic E-state index is 15.1. The molecule has 13 heteroatoms. The van der Waals surface area contributed by atoms with Crippen LogP contribution in [0.5, 0.6) is 23.0 Å². The van der Waals surface area contributed by atoms with Crippen LogP contribution in [0.4, 0.5) is 4.79 Å². The molecular formula is C48H59N3O10. The number of ether oxygens (including phenoxy) is 5. The summed E-state index contributed by atoms with van der Waals surface area (Å²) in [5.74, 6) is -0.411. The first-order chi connectivity index (χ1) is 29.8. The van der Waals surface area contributed by atoms with Crippen molar-refractivity contribution < 1.29 is 48.3 Å². The Hall–Kier alpha value is -5.37. The molecule has 3 aromatic rings. The number of benzene rings is 3. The van der Waals surface area contributed by atoms with Gasteiger partial charge >= 0.3 is 6.09 Å². The van der Waals surface area contributed by atoms with Crippen LogP contribution in [0.25, 0.3) is 0 Å². The summed E-state index contributed by atoms with van der Waals surface area (Å²) in [6.45, 7) is 9.30. The van der Waals surface area contributed by atoms with Crippen LogP contribution < -0.4 is 24.3 Å². The van der Waals surface area contributed by atoms with E-state index in [0.29, 0.717) is 66.6 Å². The van der Waals surface area contributed by atoms with Gasteiger partial charge in [0.05, 0.1) is 18.2 Å². The molecule has 2 aliphatic heterocycles. The molecule has 3 aromatic carbocycles. The summed E-state index contributed by atoms with van der Waals surface area (Å²) >= 11 is 0. The molecule has 61 heavy (non-hydrogen) atoms. The molecule has 2 heterocycles. The van der Waals surface area contributed by atoms with Gasteiger partial charge < -0.3 is 49.0 Å². The largest absolute Gasteiger partial charge is 0.459 e. The number of hydrogen-bond donors (Lipinski definition) is 3. The van der Waals surface area contributed by atoms with Gasteiger partial charge in [0.25, 0.3) is 5.91 Å². The van der Waals surface area contributed by atoms with Crippen LogP contribution >= 0.6 is 0 Å². The molecule has 7 rings (SSSR count). The van der Waals surface area contributed by atoms with Crippen molar-refractivity contribution in [3.63, 3.8) is 0 Å². The van der Waals surface area contributed by atoms with Crippen LogP contribution in [0.3, 0.4) is 0 Å². The van der Waals surface area contributed by atoms with Crippen LogP contribution in [-0.2, 0) is 16.2 Å². The number of rotatable bonds is 20. The van der Waals surface area contributed by atoms with Crippen molar-refractivity contribution in [3.05, 3.63) is 108 Å². The Morgan fingerprint density at radius 3 is 2.49 bits per heavy atom. The van der Waals surface area contributed by atoms with Gasteiger partial charge in [0, 0.05) is 49.8 Å². The lowest BCUT2D eigenvalue weighted by molar-refractivity contribution is -0.254. The third kappa shape index (κ3) is 9.44. The number of carbonyl (C=O) groups excluding carboxylic acids is 2. The van der Waals surface area contributed by atoms with E-state index in [4.69, 9.17) is 33.7 Å². The van der Waals surface area contributed by atoms with Gasteiger partial charge in [0.15, 0.2) is 11.5 Å². The van der Waals surface area contributed by atoms with E-state index >= 15 is 4.79 Å². The average molecular weight is 838 g/mol. The summed E-state index contributed by atoms with van der Waals surface area (Å²) in [4.78, 5) is 35.9. The second-order valence-corrected chi connectivity index (χ2v) is 16.0.